The van der Waals surface area contributed by atoms with E-state index in [1.165, 1.54) is 4.80 Å². The summed E-state index contributed by atoms with van der Waals surface area (Å²) >= 11 is 3.46. The van der Waals surface area contributed by atoms with Crippen LogP contribution in [0, 0.1) is 0 Å². The minimum Gasteiger partial charge on any atom is -0.488 e. The highest BCUT2D eigenvalue weighted by molar-refractivity contribution is 9.10. The van der Waals surface area contributed by atoms with E-state index in [4.69, 9.17) is 4.74 Å². The second kappa shape index (κ2) is 9.32. The standard InChI is InChI=1S/C22H18BrN5O2/c23-18-8-5-6-16(12-18)15-30-21-11-4-1-7-17(21)13-24-25-22(29)14-28-26-19-9-2-3-10-20(19)27-28/h1-13H,14-15H2,(H,25,29)/b24-13+. The van der Waals surface area contributed by atoms with Gasteiger partial charge in [-0.2, -0.15) is 20.1 Å². The number of rotatable bonds is 7. The van der Waals surface area contributed by atoms with E-state index >= 15 is 0 Å². The van der Waals surface area contributed by atoms with E-state index in [-0.39, 0.29) is 12.5 Å². The van der Waals surface area contributed by atoms with E-state index in [0.29, 0.717) is 12.4 Å². The fourth-order valence-electron chi connectivity index (χ4n) is 2.82. The first-order valence-corrected chi connectivity index (χ1v) is 10.0. The number of hydrogen-bond donors (Lipinski definition) is 1. The molecule has 8 heteroatoms. The highest BCUT2D eigenvalue weighted by atomic mass is 79.9. The molecule has 3 aromatic carbocycles. The molecule has 0 saturated heterocycles. The van der Waals surface area contributed by atoms with Gasteiger partial charge in [-0.25, -0.2) is 5.43 Å². The van der Waals surface area contributed by atoms with Gasteiger partial charge in [-0.3, -0.25) is 4.79 Å². The highest BCUT2D eigenvalue weighted by Crippen LogP contribution is 2.19. The topological polar surface area (TPSA) is 81.4 Å². The fourth-order valence-corrected chi connectivity index (χ4v) is 3.27. The van der Waals surface area contributed by atoms with Gasteiger partial charge in [-0.15, -0.1) is 0 Å². The first kappa shape index (κ1) is 19.8. The molecule has 30 heavy (non-hydrogen) atoms. The largest absolute Gasteiger partial charge is 0.488 e. The maximum atomic E-state index is 12.1. The van der Waals surface area contributed by atoms with Crippen molar-refractivity contribution in [2.24, 2.45) is 5.10 Å². The average Bonchev–Trinajstić information content (AvgIpc) is 3.15. The van der Waals surface area contributed by atoms with Crippen LogP contribution in [-0.4, -0.2) is 27.1 Å². The van der Waals surface area contributed by atoms with Crippen molar-refractivity contribution in [1.29, 1.82) is 0 Å². The lowest BCUT2D eigenvalue weighted by molar-refractivity contribution is -0.122. The Kier molecular flexibility index (Phi) is 6.14. The summed E-state index contributed by atoms with van der Waals surface area (Å²) in [7, 11) is 0. The van der Waals surface area contributed by atoms with Gasteiger partial charge in [-0.05, 0) is 42.0 Å². The van der Waals surface area contributed by atoms with Gasteiger partial charge in [0.2, 0.25) is 0 Å². The Balaban J connectivity index is 1.36. The number of nitrogens with zero attached hydrogens (tertiary/aromatic N) is 4. The molecule has 7 nitrogen and oxygen atoms in total. The van der Waals surface area contributed by atoms with Crippen LogP contribution in [0.3, 0.4) is 0 Å². The quantitative estimate of drug-likeness (QED) is 0.332. The molecule has 0 spiro atoms. The molecule has 0 saturated carbocycles. The van der Waals surface area contributed by atoms with Crippen molar-refractivity contribution < 1.29 is 9.53 Å². The molecule has 0 aliphatic rings. The Labute approximate surface area is 181 Å². The van der Waals surface area contributed by atoms with Gasteiger partial charge in [0, 0.05) is 10.0 Å². The summed E-state index contributed by atoms with van der Waals surface area (Å²) in [5.41, 5.74) is 5.79. The van der Waals surface area contributed by atoms with Crippen LogP contribution in [0.5, 0.6) is 5.75 Å². The molecular weight excluding hydrogens is 446 g/mol. The smallest absolute Gasteiger partial charge is 0.263 e. The van der Waals surface area contributed by atoms with Gasteiger partial charge < -0.3 is 4.74 Å². The third kappa shape index (κ3) is 5.09. The molecule has 150 valence electrons. The van der Waals surface area contributed by atoms with E-state index in [1.54, 1.807) is 6.21 Å². The SMILES string of the molecule is O=C(Cn1nc2ccccc2n1)N/N=C/c1ccccc1OCc1cccc(Br)c1. The van der Waals surface area contributed by atoms with Crippen molar-refractivity contribution in [1.82, 2.24) is 20.4 Å². The summed E-state index contributed by atoms with van der Waals surface area (Å²) in [4.78, 5) is 13.5. The number of carbonyl (C=O) groups excluding carboxylic acids is 1. The van der Waals surface area contributed by atoms with Crippen molar-refractivity contribution in [3.8, 4) is 5.75 Å². The van der Waals surface area contributed by atoms with E-state index in [2.05, 4.69) is 36.7 Å². The number of halogens is 1. The normalized spacial score (nSPS) is 11.1. The van der Waals surface area contributed by atoms with Crippen molar-refractivity contribution in [2.45, 2.75) is 13.2 Å². The van der Waals surface area contributed by atoms with Gasteiger partial charge in [-0.1, -0.05) is 52.3 Å². The van der Waals surface area contributed by atoms with E-state index < -0.39 is 0 Å². The third-order valence-electron chi connectivity index (χ3n) is 4.21. The third-order valence-corrected chi connectivity index (χ3v) is 4.70. The summed E-state index contributed by atoms with van der Waals surface area (Å²) in [5, 5.41) is 12.6. The van der Waals surface area contributed by atoms with Crippen molar-refractivity contribution in [3.05, 3.63) is 88.4 Å². The van der Waals surface area contributed by atoms with Crippen molar-refractivity contribution in [2.75, 3.05) is 0 Å². The molecular formula is C22H18BrN5O2. The summed E-state index contributed by atoms with van der Waals surface area (Å²) in [6.45, 7) is 0.405. The lowest BCUT2D eigenvalue weighted by Gasteiger charge is -2.09. The molecule has 0 bridgehead atoms. The molecule has 0 fully saturated rings. The van der Waals surface area contributed by atoms with Crippen LogP contribution >= 0.6 is 15.9 Å². The molecule has 0 radical (unpaired) electrons. The molecule has 1 heterocycles. The van der Waals surface area contributed by atoms with Gasteiger partial charge in [0.05, 0.1) is 6.21 Å². The summed E-state index contributed by atoms with van der Waals surface area (Å²) in [6.07, 6.45) is 1.56. The van der Waals surface area contributed by atoms with Crippen LogP contribution in [0.2, 0.25) is 0 Å². The Bertz CT molecular complexity index is 1170. The summed E-state index contributed by atoms with van der Waals surface area (Å²) in [6, 6.07) is 22.9. The number of benzene rings is 3. The number of hydrazone groups is 1. The Morgan fingerprint density at radius 2 is 1.77 bits per heavy atom. The molecule has 0 aliphatic carbocycles. The predicted molar refractivity (Wildman–Crippen MR) is 118 cm³/mol. The van der Waals surface area contributed by atoms with Crippen LogP contribution in [0.25, 0.3) is 11.0 Å². The zero-order valence-corrected chi connectivity index (χ0v) is 17.5. The van der Waals surface area contributed by atoms with Crippen LogP contribution in [0.4, 0.5) is 0 Å². The molecule has 1 N–H and O–H groups in total. The number of ether oxygens (including phenoxy) is 1. The predicted octanol–water partition coefficient (Wildman–Crippen LogP) is 3.92. The Morgan fingerprint density at radius 1 is 1.03 bits per heavy atom. The molecule has 0 atom stereocenters. The van der Waals surface area contributed by atoms with Crippen LogP contribution in [-0.2, 0) is 17.9 Å². The minimum absolute atomic E-state index is 0.0208. The van der Waals surface area contributed by atoms with Gasteiger partial charge >= 0.3 is 0 Å². The number of para-hydroxylation sites is 1. The van der Waals surface area contributed by atoms with Crippen LogP contribution < -0.4 is 10.2 Å². The molecule has 4 rings (SSSR count). The second-order valence-electron chi connectivity index (χ2n) is 6.47. The maximum Gasteiger partial charge on any atom is 0.263 e. The minimum atomic E-state index is -0.320. The number of hydrogen-bond acceptors (Lipinski definition) is 5. The van der Waals surface area contributed by atoms with Crippen molar-refractivity contribution >= 4 is 39.1 Å². The van der Waals surface area contributed by atoms with Gasteiger partial charge in [0.25, 0.3) is 5.91 Å². The first-order chi connectivity index (χ1) is 14.7. The number of amides is 1. The van der Waals surface area contributed by atoms with E-state index in [9.17, 15) is 4.79 Å². The van der Waals surface area contributed by atoms with Crippen molar-refractivity contribution in [3.63, 3.8) is 0 Å². The zero-order chi connectivity index (χ0) is 20.8. The summed E-state index contributed by atoms with van der Waals surface area (Å²) < 4.78 is 6.92. The zero-order valence-electron chi connectivity index (χ0n) is 15.9. The average molecular weight is 464 g/mol. The number of fused-ring (bicyclic) bond motifs is 1. The monoisotopic (exact) mass is 463 g/mol. The Hall–Kier alpha value is -3.52. The van der Waals surface area contributed by atoms with Crippen LogP contribution in [0.1, 0.15) is 11.1 Å². The lowest BCUT2D eigenvalue weighted by atomic mass is 10.2. The molecule has 1 amide bonds. The van der Waals surface area contributed by atoms with E-state index in [1.807, 2.05) is 72.8 Å². The van der Waals surface area contributed by atoms with E-state index in [0.717, 1.165) is 26.6 Å². The fraction of sp³-hybridized carbons (Fsp3) is 0.0909. The number of aromatic nitrogens is 3. The molecule has 0 aliphatic heterocycles. The highest BCUT2D eigenvalue weighted by Gasteiger charge is 2.07. The number of carbonyl (C=O) groups is 1. The van der Waals surface area contributed by atoms with Crippen LogP contribution in [0.15, 0.2) is 82.4 Å². The molecule has 1 aromatic heterocycles. The molecule has 0 unspecified atom stereocenters. The van der Waals surface area contributed by atoms with Gasteiger partial charge in [0.15, 0.2) is 0 Å². The maximum absolute atomic E-state index is 12.1. The van der Waals surface area contributed by atoms with Gasteiger partial charge in [0.1, 0.15) is 29.9 Å². The Morgan fingerprint density at radius 3 is 2.53 bits per heavy atom. The summed E-state index contributed by atoms with van der Waals surface area (Å²) in [5.74, 6) is 0.356. The lowest BCUT2D eigenvalue weighted by Crippen LogP contribution is -2.24. The second-order valence-corrected chi connectivity index (χ2v) is 7.38. The molecule has 4 aromatic rings. The number of nitrogens with one attached hydrogen (secondary N) is 1. The first-order valence-electron chi connectivity index (χ1n) is 9.25.